The number of hydrogen-bond donors (Lipinski definition) is 5. The third-order valence-electron chi connectivity index (χ3n) is 6.76. The molecule has 1 saturated carbocycles. The van der Waals surface area contributed by atoms with Gasteiger partial charge in [0.1, 0.15) is 12.1 Å². The van der Waals surface area contributed by atoms with Crippen LogP contribution >= 0.6 is 0 Å². The SMILES string of the molecule is CCCC1CCC(OC(=O)N[C@@H](CC(C)C)C(=O)N[C@@H](C[C@@H]2CCNC2=O)[C@H](O)S(=O)(=O)O)CC1. The minimum Gasteiger partial charge on any atom is -0.446 e. The summed E-state index contributed by atoms with van der Waals surface area (Å²) in [5.74, 6) is -1.02. The van der Waals surface area contributed by atoms with Crippen LogP contribution in [0.25, 0.3) is 0 Å². The zero-order chi connectivity index (χ0) is 26.2. The molecule has 202 valence electrons. The van der Waals surface area contributed by atoms with E-state index in [1.54, 1.807) is 0 Å². The van der Waals surface area contributed by atoms with Crippen LogP contribution in [-0.2, 0) is 24.4 Å². The summed E-state index contributed by atoms with van der Waals surface area (Å²) in [7, 11) is -4.91. The van der Waals surface area contributed by atoms with Crippen LogP contribution in [-0.4, -0.2) is 66.2 Å². The lowest BCUT2D eigenvalue weighted by molar-refractivity contribution is -0.126. The van der Waals surface area contributed by atoms with Gasteiger partial charge in [0.25, 0.3) is 10.1 Å². The Hall–Kier alpha value is -1.92. The summed E-state index contributed by atoms with van der Waals surface area (Å²) in [5, 5.41) is 17.8. The van der Waals surface area contributed by atoms with Crippen molar-refractivity contribution in [2.75, 3.05) is 6.54 Å². The molecule has 3 amide bonds. The molecule has 1 heterocycles. The largest absolute Gasteiger partial charge is 0.446 e. The van der Waals surface area contributed by atoms with E-state index in [9.17, 15) is 32.5 Å². The molecule has 0 aromatic rings. The highest BCUT2D eigenvalue weighted by molar-refractivity contribution is 7.86. The molecule has 1 saturated heterocycles. The van der Waals surface area contributed by atoms with Crippen molar-refractivity contribution in [3.05, 3.63) is 0 Å². The van der Waals surface area contributed by atoms with E-state index in [1.165, 1.54) is 0 Å². The fraction of sp³-hybridized carbons (Fsp3) is 0.870. The minimum atomic E-state index is -4.91. The van der Waals surface area contributed by atoms with Gasteiger partial charge in [-0.15, -0.1) is 0 Å². The summed E-state index contributed by atoms with van der Waals surface area (Å²) >= 11 is 0. The molecule has 0 aromatic carbocycles. The van der Waals surface area contributed by atoms with Gasteiger partial charge in [0.05, 0.1) is 6.04 Å². The number of carbonyl (C=O) groups excluding carboxylic acids is 3. The van der Waals surface area contributed by atoms with E-state index in [0.717, 1.165) is 38.5 Å². The topological polar surface area (TPSA) is 171 Å². The fourth-order valence-electron chi connectivity index (χ4n) is 4.89. The molecule has 5 N–H and O–H groups in total. The first kappa shape index (κ1) is 29.3. The molecule has 2 rings (SSSR count). The highest BCUT2D eigenvalue weighted by Gasteiger charge is 2.38. The van der Waals surface area contributed by atoms with Crippen LogP contribution in [0.1, 0.15) is 78.6 Å². The molecule has 2 aliphatic rings. The van der Waals surface area contributed by atoms with Gasteiger partial charge in [-0.1, -0.05) is 33.6 Å². The van der Waals surface area contributed by atoms with Crippen molar-refractivity contribution >= 4 is 28.0 Å². The molecular weight excluding hydrogens is 478 g/mol. The smallest absolute Gasteiger partial charge is 0.408 e. The molecule has 4 atom stereocenters. The van der Waals surface area contributed by atoms with Gasteiger partial charge in [0, 0.05) is 12.5 Å². The molecule has 12 heteroatoms. The van der Waals surface area contributed by atoms with Crippen LogP contribution in [0.3, 0.4) is 0 Å². The van der Waals surface area contributed by atoms with Crippen molar-refractivity contribution in [3.8, 4) is 0 Å². The monoisotopic (exact) mass is 519 g/mol. The van der Waals surface area contributed by atoms with Gasteiger partial charge in [-0.2, -0.15) is 8.42 Å². The van der Waals surface area contributed by atoms with E-state index < -0.39 is 45.6 Å². The predicted molar refractivity (Wildman–Crippen MR) is 129 cm³/mol. The van der Waals surface area contributed by atoms with Crippen LogP contribution in [0.4, 0.5) is 4.79 Å². The summed E-state index contributed by atoms with van der Waals surface area (Å²) in [6, 6.07) is -2.49. The van der Waals surface area contributed by atoms with Crippen LogP contribution < -0.4 is 16.0 Å². The number of hydrogen-bond acceptors (Lipinski definition) is 7. The van der Waals surface area contributed by atoms with Gasteiger partial charge in [0.2, 0.25) is 17.3 Å². The second-order valence-electron chi connectivity index (χ2n) is 10.2. The molecule has 1 aliphatic carbocycles. The van der Waals surface area contributed by atoms with Crippen molar-refractivity contribution in [1.82, 2.24) is 16.0 Å². The van der Waals surface area contributed by atoms with Crippen molar-refractivity contribution in [1.29, 1.82) is 0 Å². The van der Waals surface area contributed by atoms with Gasteiger partial charge >= 0.3 is 6.09 Å². The van der Waals surface area contributed by atoms with Crippen molar-refractivity contribution in [3.63, 3.8) is 0 Å². The summed E-state index contributed by atoms with van der Waals surface area (Å²) < 4.78 is 38.1. The van der Waals surface area contributed by atoms with Crippen molar-refractivity contribution in [2.24, 2.45) is 17.8 Å². The Labute approximate surface area is 207 Å². The van der Waals surface area contributed by atoms with E-state index in [1.807, 2.05) is 13.8 Å². The predicted octanol–water partition coefficient (Wildman–Crippen LogP) is 1.70. The number of ether oxygens (including phenoxy) is 1. The van der Waals surface area contributed by atoms with E-state index in [0.29, 0.717) is 18.9 Å². The maximum Gasteiger partial charge on any atom is 0.408 e. The molecule has 0 spiro atoms. The number of aliphatic hydroxyl groups excluding tert-OH is 1. The lowest BCUT2D eigenvalue weighted by Crippen LogP contribution is -2.55. The third kappa shape index (κ3) is 9.57. The standard InChI is InChI=1S/C23H41N3O8S/c1-4-5-15-6-8-17(9-7-15)34-23(30)26-18(12-14(2)3)21(28)25-19(22(29)35(31,32)33)13-16-10-11-24-20(16)27/h14-19,22,29H,4-13H2,1-3H3,(H,24,27)(H,25,28)(H,26,30)(H,31,32,33)/t15?,16-,17?,18-,19-,22+/m0/s1. The van der Waals surface area contributed by atoms with Crippen molar-refractivity contribution in [2.45, 2.75) is 102 Å². The minimum absolute atomic E-state index is 0.00101. The van der Waals surface area contributed by atoms with E-state index in [4.69, 9.17) is 4.74 Å². The second-order valence-corrected chi connectivity index (χ2v) is 11.7. The molecule has 2 fully saturated rings. The average Bonchev–Trinajstić information content (AvgIpc) is 3.17. The first-order valence-corrected chi connectivity index (χ1v) is 14.1. The summed E-state index contributed by atoms with van der Waals surface area (Å²) in [4.78, 5) is 37.6. The number of amides is 3. The Balaban J connectivity index is 2.03. The maximum atomic E-state index is 13.0. The highest BCUT2D eigenvalue weighted by atomic mass is 32.2. The Morgan fingerprint density at radius 1 is 1.14 bits per heavy atom. The summed E-state index contributed by atoms with van der Waals surface area (Å²) in [6.45, 7) is 6.26. The quantitative estimate of drug-likeness (QED) is 0.242. The molecule has 0 radical (unpaired) electrons. The van der Waals surface area contributed by atoms with Gasteiger partial charge in [-0.05, 0) is 56.8 Å². The molecule has 0 aromatic heterocycles. The molecular formula is C23H41N3O8S. The van der Waals surface area contributed by atoms with Crippen LogP contribution in [0.5, 0.6) is 0 Å². The van der Waals surface area contributed by atoms with Crippen LogP contribution in [0, 0.1) is 17.8 Å². The van der Waals surface area contributed by atoms with Gasteiger partial charge in [-0.3, -0.25) is 14.1 Å². The molecule has 0 bridgehead atoms. The Kier molecular flexibility index (Phi) is 11.2. The lowest BCUT2D eigenvalue weighted by atomic mass is 9.85. The summed E-state index contributed by atoms with van der Waals surface area (Å²) in [6.07, 6.45) is 5.32. The number of rotatable bonds is 12. The number of carbonyl (C=O) groups is 3. The van der Waals surface area contributed by atoms with Gasteiger partial charge in [0.15, 0.2) is 0 Å². The van der Waals surface area contributed by atoms with E-state index >= 15 is 0 Å². The zero-order valence-electron chi connectivity index (χ0n) is 20.9. The molecule has 0 unspecified atom stereocenters. The van der Waals surface area contributed by atoms with Gasteiger partial charge < -0.3 is 25.8 Å². The number of alkyl carbamates (subject to hydrolysis) is 1. The second kappa shape index (κ2) is 13.4. The first-order valence-electron chi connectivity index (χ1n) is 12.6. The lowest BCUT2D eigenvalue weighted by Gasteiger charge is -2.30. The Morgan fingerprint density at radius 3 is 2.31 bits per heavy atom. The Morgan fingerprint density at radius 2 is 1.80 bits per heavy atom. The number of aliphatic hydroxyl groups is 1. The maximum absolute atomic E-state index is 13.0. The van der Waals surface area contributed by atoms with Crippen molar-refractivity contribution < 1.29 is 37.2 Å². The van der Waals surface area contributed by atoms with Crippen LogP contribution in [0.2, 0.25) is 0 Å². The number of nitrogens with one attached hydrogen (secondary N) is 3. The molecule has 11 nitrogen and oxygen atoms in total. The summed E-state index contributed by atoms with van der Waals surface area (Å²) in [5.41, 5.74) is -2.31. The van der Waals surface area contributed by atoms with Gasteiger partial charge in [-0.25, -0.2) is 4.79 Å². The molecule has 35 heavy (non-hydrogen) atoms. The average molecular weight is 520 g/mol. The normalized spacial score (nSPS) is 25.4. The molecule has 1 aliphatic heterocycles. The highest BCUT2D eigenvalue weighted by Crippen LogP contribution is 2.29. The Bertz CT molecular complexity index is 827. The van der Waals surface area contributed by atoms with E-state index in [-0.39, 0.29) is 30.8 Å². The third-order valence-corrected chi connectivity index (χ3v) is 7.70. The fourth-order valence-corrected chi connectivity index (χ4v) is 5.49. The van der Waals surface area contributed by atoms with Crippen LogP contribution in [0.15, 0.2) is 0 Å². The first-order chi connectivity index (χ1) is 16.4. The van der Waals surface area contributed by atoms with E-state index in [2.05, 4.69) is 22.9 Å². The zero-order valence-corrected chi connectivity index (χ0v) is 21.7.